The lowest BCUT2D eigenvalue weighted by Gasteiger charge is -2.41. The smallest absolute Gasteiger partial charge is 0.233 e. The molecule has 0 spiro atoms. The van der Waals surface area contributed by atoms with E-state index in [0.29, 0.717) is 25.3 Å². The van der Waals surface area contributed by atoms with Crippen LogP contribution in [0.5, 0.6) is 0 Å². The second-order valence-electron chi connectivity index (χ2n) is 9.71. The number of allylic oxidation sites excluding steroid dienone is 2. The summed E-state index contributed by atoms with van der Waals surface area (Å²) >= 11 is 0. The Morgan fingerprint density at radius 2 is 1.54 bits per heavy atom. The standard InChI is InChI=1S/C23H32N2O3/c26-19(24-13-11-15-4-1-2-5-18(15)14-24)6-3-12-25-22(27)20-16-7-8-17(10-9-16)21(20)23(25)28/h7-8,15-18,20-21H,1-6,9-14H2/t15?,16?,17?,18?,20-,21+. The number of piperidine rings is 1. The molecule has 2 aliphatic heterocycles. The van der Waals surface area contributed by atoms with E-state index in [9.17, 15) is 14.4 Å². The van der Waals surface area contributed by atoms with Gasteiger partial charge in [-0.1, -0.05) is 31.4 Å². The molecule has 152 valence electrons. The topological polar surface area (TPSA) is 57.7 Å². The summed E-state index contributed by atoms with van der Waals surface area (Å²) in [5.74, 6) is 2.00. The van der Waals surface area contributed by atoms with Crippen LogP contribution in [0.4, 0.5) is 0 Å². The van der Waals surface area contributed by atoms with Crippen molar-refractivity contribution in [1.29, 1.82) is 0 Å². The summed E-state index contributed by atoms with van der Waals surface area (Å²) in [5.41, 5.74) is 0. The van der Waals surface area contributed by atoms with Crippen LogP contribution in [0, 0.1) is 35.5 Å². The fourth-order valence-corrected chi connectivity index (χ4v) is 6.73. The van der Waals surface area contributed by atoms with E-state index in [4.69, 9.17) is 0 Å². The van der Waals surface area contributed by atoms with Crippen LogP contribution in [0.2, 0.25) is 0 Å². The highest BCUT2D eigenvalue weighted by atomic mass is 16.2. The molecule has 2 bridgehead atoms. The number of hydrogen-bond donors (Lipinski definition) is 0. The minimum absolute atomic E-state index is 0.0181. The van der Waals surface area contributed by atoms with Gasteiger partial charge in [0.25, 0.3) is 0 Å². The molecule has 6 aliphatic rings. The van der Waals surface area contributed by atoms with Crippen molar-refractivity contribution in [3.63, 3.8) is 0 Å². The Hall–Kier alpha value is -1.65. The third-order valence-corrected chi connectivity index (χ3v) is 8.27. The Kier molecular flexibility index (Phi) is 4.80. The summed E-state index contributed by atoms with van der Waals surface area (Å²) in [6.45, 7) is 2.22. The summed E-state index contributed by atoms with van der Waals surface area (Å²) in [4.78, 5) is 41.9. The van der Waals surface area contributed by atoms with Crippen molar-refractivity contribution < 1.29 is 14.4 Å². The van der Waals surface area contributed by atoms with E-state index >= 15 is 0 Å². The Bertz CT molecular complexity index is 670. The van der Waals surface area contributed by atoms with Gasteiger partial charge in [-0.25, -0.2) is 0 Å². The van der Waals surface area contributed by atoms with Crippen LogP contribution < -0.4 is 0 Å². The van der Waals surface area contributed by atoms with Crippen LogP contribution in [-0.2, 0) is 14.4 Å². The van der Waals surface area contributed by atoms with Crippen molar-refractivity contribution in [3.05, 3.63) is 12.2 Å². The molecule has 0 N–H and O–H groups in total. The number of fused-ring (bicyclic) bond motifs is 2. The highest BCUT2D eigenvalue weighted by Gasteiger charge is 2.56. The second kappa shape index (κ2) is 7.31. The maximum atomic E-state index is 12.9. The summed E-state index contributed by atoms with van der Waals surface area (Å²) < 4.78 is 0. The number of amides is 3. The van der Waals surface area contributed by atoms with Crippen LogP contribution in [0.15, 0.2) is 12.2 Å². The van der Waals surface area contributed by atoms with Gasteiger partial charge in [0.2, 0.25) is 17.7 Å². The van der Waals surface area contributed by atoms with E-state index in [2.05, 4.69) is 12.2 Å². The SMILES string of the molecule is O=C(CCCN1C(=O)[C@@H]2C3C=CC(CC3)[C@@H]2C1=O)N1CCC2CCCCC2C1. The van der Waals surface area contributed by atoms with E-state index in [0.717, 1.165) is 38.3 Å². The fraction of sp³-hybridized carbons (Fsp3) is 0.783. The van der Waals surface area contributed by atoms with Crippen molar-refractivity contribution in [2.75, 3.05) is 19.6 Å². The number of imide groups is 1. The predicted molar refractivity (Wildman–Crippen MR) is 105 cm³/mol. The average molecular weight is 385 g/mol. The first kappa shape index (κ1) is 18.4. The summed E-state index contributed by atoms with van der Waals surface area (Å²) in [6, 6.07) is 0. The highest BCUT2D eigenvalue weighted by molar-refractivity contribution is 6.06. The molecule has 6 atom stereocenters. The van der Waals surface area contributed by atoms with Crippen LogP contribution >= 0.6 is 0 Å². The van der Waals surface area contributed by atoms with Gasteiger partial charge in [-0.3, -0.25) is 19.3 Å². The van der Waals surface area contributed by atoms with Crippen LogP contribution in [0.25, 0.3) is 0 Å². The zero-order chi connectivity index (χ0) is 19.3. The Balaban J connectivity index is 1.14. The second-order valence-corrected chi connectivity index (χ2v) is 9.71. The molecular formula is C23H32N2O3. The molecular weight excluding hydrogens is 352 g/mol. The molecule has 5 heteroatoms. The van der Waals surface area contributed by atoms with Crippen molar-refractivity contribution in [2.45, 2.75) is 57.8 Å². The number of carbonyl (C=O) groups excluding carboxylic acids is 3. The highest BCUT2D eigenvalue weighted by Crippen LogP contribution is 2.49. The molecule has 2 saturated heterocycles. The molecule has 4 fully saturated rings. The van der Waals surface area contributed by atoms with Gasteiger partial charge < -0.3 is 4.90 Å². The molecule has 0 aromatic heterocycles. The predicted octanol–water partition coefficient (Wildman–Crippen LogP) is 3.00. The Labute approximate surface area is 167 Å². The zero-order valence-corrected chi connectivity index (χ0v) is 16.7. The molecule has 4 unspecified atom stereocenters. The van der Waals surface area contributed by atoms with Crippen molar-refractivity contribution in [3.8, 4) is 0 Å². The molecule has 2 saturated carbocycles. The van der Waals surface area contributed by atoms with Gasteiger partial charge >= 0.3 is 0 Å². The average Bonchev–Trinajstić information content (AvgIpc) is 3.01. The monoisotopic (exact) mass is 384 g/mol. The quantitative estimate of drug-likeness (QED) is 0.553. The van der Waals surface area contributed by atoms with Gasteiger partial charge in [0.15, 0.2) is 0 Å². The molecule has 6 rings (SSSR count). The molecule has 0 aromatic rings. The lowest BCUT2D eigenvalue weighted by Crippen LogP contribution is -2.45. The fourth-order valence-electron chi connectivity index (χ4n) is 6.73. The van der Waals surface area contributed by atoms with E-state index in [1.54, 1.807) is 0 Å². The summed E-state index contributed by atoms with van der Waals surface area (Å²) in [6.07, 6.45) is 13.8. The molecule has 0 aromatic carbocycles. The molecule has 28 heavy (non-hydrogen) atoms. The zero-order valence-electron chi connectivity index (χ0n) is 16.7. The first-order valence-electron chi connectivity index (χ1n) is 11.4. The lowest BCUT2D eigenvalue weighted by molar-refractivity contribution is -0.141. The maximum absolute atomic E-state index is 12.9. The third kappa shape index (κ3) is 3.02. The number of nitrogens with zero attached hydrogens (tertiary/aromatic N) is 2. The van der Waals surface area contributed by atoms with Crippen LogP contribution in [0.3, 0.4) is 0 Å². The Morgan fingerprint density at radius 3 is 2.18 bits per heavy atom. The van der Waals surface area contributed by atoms with E-state index in [1.807, 2.05) is 4.90 Å². The lowest BCUT2D eigenvalue weighted by atomic mass is 9.63. The van der Waals surface area contributed by atoms with E-state index in [-0.39, 0.29) is 41.4 Å². The summed E-state index contributed by atoms with van der Waals surface area (Å²) in [5, 5.41) is 0. The molecule has 0 radical (unpaired) electrons. The van der Waals surface area contributed by atoms with Gasteiger partial charge in [-0.05, 0) is 55.8 Å². The normalized spacial score (nSPS) is 39.3. The van der Waals surface area contributed by atoms with Crippen molar-refractivity contribution in [1.82, 2.24) is 9.80 Å². The van der Waals surface area contributed by atoms with Gasteiger partial charge in [-0.15, -0.1) is 0 Å². The van der Waals surface area contributed by atoms with Crippen molar-refractivity contribution >= 4 is 17.7 Å². The molecule has 4 aliphatic carbocycles. The minimum Gasteiger partial charge on any atom is -0.342 e. The minimum atomic E-state index is -0.128. The Morgan fingerprint density at radius 1 is 0.893 bits per heavy atom. The number of likely N-dealkylation sites (tertiary alicyclic amines) is 2. The van der Waals surface area contributed by atoms with Gasteiger partial charge in [0.1, 0.15) is 0 Å². The largest absolute Gasteiger partial charge is 0.342 e. The van der Waals surface area contributed by atoms with E-state index < -0.39 is 0 Å². The number of rotatable bonds is 4. The molecule has 5 nitrogen and oxygen atoms in total. The first-order valence-corrected chi connectivity index (χ1v) is 11.4. The van der Waals surface area contributed by atoms with Crippen LogP contribution in [-0.4, -0.2) is 47.2 Å². The number of hydrogen-bond acceptors (Lipinski definition) is 3. The third-order valence-electron chi connectivity index (χ3n) is 8.27. The molecule has 2 heterocycles. The molecule has 3 amide bonds. The van der Waals surface area contributed by atoms with E-state index in [1.165, 1.54) is 30.6 Å². The summed E-state index contributed by atoms with van der Waals surface area (Å²) in [7, 11) is 0. The van der Waals surface area contributed by atoms with Gasteiger partial charge in [0, 0.05) is 26.1 Å². The van der Waals surface area contributed by atoms with Gasteiger partial charge in [0.05, 0.1) is 11.8 Å². The first-order chi connectivity index (χ1) is 13.6. The van der Waals surface area contributed by atoms with Gasteiger partial charge in [-0.2, -0.15) is 0 Å². The van der Waals surface area contributed by atoms with Crippen molar-refractivity contribution in [2.24, 2.45) is 35.5 Å². The number of carbonyl (C=O) groups is 3. The van der Waals surface area contributed by atoms with Crippen LogP contribution in [0.1, 0.15) is 57.8 Å². The maximum Gasteiger partial charge on any atom is 0.233 e.